The van der Waals surface area contributed by atoms with Crippen LogP contribution in [-0.2, 0) is 14.4 Å². The van der Waals surface area contributed by atoms with E-state index in [-0.39, 0.29) is 12.2 Å². The third kappa shape index (κ3) is 4.58. The smallest absolute Gasteiger partial charge is 0.332 e. The second-order valence-electron chi connectivity index (χ2n) is 5.60. The van der Waals surface area contributed by atoms with Crippen molar-refractivity contribution in [2.45, 2.75) is 51.5 Å². The average Bonchev–Trinajstić information content (AvgIpc) is 2.39. The number of hydrogen-bond acceptors (Lipinski definition) is 5. The zero-order valence-electron chi connectivity index (χ0n) is 11.8. The molecule has 5 heteroatoms. The van der Waals surface area contributed by atoms with E-state index in [2.05, 4.69) is 4.90 Å². The number of Topliss-reactive ketones (excluding diaryl/α,β-unsaturated/α-hetero) is 1. The molecular weight excluding hydrogens is 244 g/mol. The summed E-state index contributed by atoms with van der Waals surface area (Å²) in [7, 11) is 0. The Hall–Kier alpha value is -0.940. The van der Waals surface area contributed by atoms with E-state index in [0.29, 0.717) is 0 Å². The van der Waals surface area contributed by atoms with Gasteiger partial charge in [-0.25, -0.2) is 4.79 Å². The number of piperazine rings is 1. The molecule has 1 saturated heterocycles. The van der Waals surface area contributed by atoms with E-state index < -0.39 is 5.97 Å². The predicted octanol–water partition coefficient (Wildman–Crippen LogP) is 1.37. The molecule has 2 aliphatic rings. The lowest BCUT2D eigenvalue weighted by Gasteiger charge is -2.39. The van der Waals surface area contributed by atoms with Crippen molar-refractivity contribution in [3.63, 3.8) is 0 Å². The van der Waals surface area contributed by atoms with Crippen molar-refractivity contribution in [1.82, 2.24) is 9.96 Å². The average molecular weight is 268 g/mol. The monoisotopic (exact) mass is 268 g/mol. The van der Waals surface area contributed by atoms with E-state index in [4.69, 9.17) is 4.84 Å². The normalized spacial score (nSPS) is 23.2. The molecule has 1 aliphatic carbocycles. The Balaban J connectivity index is 1.69. The zero-order chi connectivity index (χ0) is 13.7. The molecule has 0 aromatic rings. The van der Waals surface area contributed by atoms with Gasteiger partial charge in [0.1, 0.15) is 12.2 Å². The van der Waals surface area contributed by atoms with E-state index >= 15 is 0 Å². The lowest BCUT2D eigenvalue weighted by atomic mass is 9.94. The second kappa shape index (κ2) is 7.01. The number of hydroxylamine groups is 2. The van der Waals surface area contributed by atoms with E-state index in [1.54, 1.807) is 5.06 Å². The van der Waals surface area contributed by atoms with Crippen LogP contribution in [0.5, 0.6) is 0 Å². The van der Waals surface area contributed by atoms with Crippen molar-refractivity contribution in [3.8, 4) is 0 Å². The fourth-order valence-electron chi connectivity index (χ4n) is 2.99. The maximum absolute atomic E-state index is 11.4. The first kappa shape index (κ1) is 14.5. The van der Waals surface area contributed by atoms with Crippen LogP contribution in [0.15, 0.2) is 0 Å². The Bertz CT molecular complexity index is 319. The molecule has 5 nitrogen and oxygen atoms in total. The summed E-state index contributed by atoms with van der Waals surface area (Å²) >= 11 is 0. The highest BCUT2D eigenvalue weighted by Crippen LogP contribution is 2.23. The Morgan fingerprint density at radius 2 is 1.68 bits per heavy atom. The molecule has 19 heavy (non-hydrogen) atoms. The standard InChI is InChI=1S/C14H24N2O3/c1-12(17)11-14(18)19-16-9-7-15(8-10-16)13-5-3-2-4-6-13/h13H,2-11H2,1H3. The van der Waals surface area contributed by atoms with Crippen LogP contribution in [0.4, 0.5) is 0 Å². The SMILES string of the molecule is CC(=O)CC(=O)ON1CCN(C2CCCCC2)CC1. The van der Waals surface area contributed by atoms with Crippen molar-refractivity contribution in [2.24, 2.45) is 0 Å². The summed E-state index contributed by atoms with van der Waals surface area (Å²) in [5, 5.41) is 1.70. The predicted molar refractivity (Wildman–Crippen MR) is 71.4 cm³/mol. The van der Waals surface area contributed by atoms with Gasteiger partial charge in [-0.3, -0.25) is 9.69 Å². The molecule has 0 radical (unpaired) electrons. The number of hydrogen-bond donors (Lipinski definition) is 0. The molecule has 108 valence electrons. The molecule has 1 heterocycles. The molecule has 0 atom stereocenters. The highest BCUT2D eigenvalue weighted by atomic mass is 16.7. The molecule has 0 unspecified atom stereocenters. The second-order valence-corrected chi connectivity index (χ2v) is 5.60. The van der Waals surface area contributed by atoms with Gasteiger partial charge in [-0.2, -0.15) is 0 Å². The molecule has 0 aromatic heterocycles. The van der Waals surface area contributed by atoms with E-state index in [1.165, 1.54) is 39.0 Å². The van der Waals surface area contributed by atoms with Crippen LogP contribution in [0.3, 0.4) is 0 Å². The molecule has 0 spiro atoms. The fourth-order valence-corrected chi connectivity index (χ4v) is 2.99. The van der Waals surface area contributed by atoms with Gasteiger partial charge in [0.05, 0.1) is 0 Å². The number of carbonyl (C=O) groups is 2. The summed E-state index contributed by atoms with van der Waals surface area (Å²) in [6, 6.07) is 0.726. The van der Waals surface area contributed by atoms with Crippen molar-refractivity contribution in [3.05, 3.63) is 0 Å². The van der Waals surface area contributed by atoms with E-state index in [1.807, 2.05) is 0 Å². The van der Waals surface area contributed by atoms with Crippen LogP contribution in [0.1, 0.15) is 45.4 Å². The largest absolute Gasteiger partial charge is 0.367 e. The molecule has 0 amide bonds. The quantitative estimate of drug-likeness (QED) is 0.721. The minimum absolute atomic E-state index is 0.122. The first-order chi connectivity index (χ1) is 9.15. The van der Waals surface area contributed by atoms with Gasteiger partial charge in [0, 0.05) is 32.2 Å². The Morgan fingerprint density at radius 1 is 1.05 bits per heavy atom. The first-order valence-electron chi connectivity index (χ1n) is 7.34. The van der Waals surface area contributed by atoms with Crippen molar-refractivity contribution in [2.75, 3.05) is 26.2 Å². The topological polar surface area (TPSA) is 49.9 Å². The Kier molecular flexibility index (Phi) is 5.34. The highest BCUT2D eigenvalue weighted by molar-refractivity contribution is 5.93. The van der Waals surface area contributed by atoms with Crippen molar-refractivity contribution in [1.29, 1.82) is 0 Å². The molecule has 2 rings (SSSR count). The van der Waals surface area contributed by atoms with Gasteiger partial charge in [-0.15, -0.1) is 5.06 Å². The maximum atomic E-state index is 11.4. The first-order valence-corrected chi connectivity index (χ1v) is 7.34. The summed E-state index contributed by atoms with van der Waals surface area (Å²) in [5.74, 6) is -0.579. The summed E-state index contributed by atoms with van der Waals surface area (Å²) in [6.07, 6.45) is 6.56. The zero-order valence-corrected chi connectivity index (χ0v) is 11.8. The van der Waals surface area contributed by atoms with Crippen LogP contribution in [-0.4, -0.2) is 53.9 Å². The maximum Gasteiger partial charge on any atom is 0.332 e. The summed E-state index contributed by atoms with van der Waals surface area (Å²) in [5.41, 5.74) is 0. The lowest BCUT2D eigenvalue weighted by Crippen LogP contribution is -2.51. The van der Waals surface area contributed by atoms with Crippen molar-refractivity contribution < 1.29 is 14.4 Å². The molecular formula is C14H24N2O3. The van der Waals surface area contributed by atoms with E-state index in [0.717, 1.165) is 32.2 Å². The summed E-state index contributed by atoms with van der Waals surface area (Å²) in [4.78, 5) is 29.9. The third-order valence-corrected chi connectivity index (χ3v) is 3.99. The number of carbonyl (C=O) groups excluding carboxylic acids is 2. The fraction of sp³-hybridized carbons (Fsp3) is 0.857. The molecule has 0 N–H and O–H groups in total. The minimum Gasteiger partial charge on any atom is -0.367 e. The molecule has 1 saturated carbocycles. The van der Waals surface area contributed by atoms with Gasteiger partial charge in [0.15, 0.2) is 0 Å². The number of nitrogens with zero attached hydrogens (tertiary/aromatic N) is 2. The third-order valence-electron chi connectivity index (χ3n) is 3.99. The van der Waals surface area contributed by atoms with Gasteiger partial charge in [0.2, 0.25) is 0 Å². The van der Waals surface area contributed by atoms with Gasteiger partial charge >= 0.3 is 5.97 Å². The number of rotatable bonds is 4. The Morgan fingerprint density at radius 3 is 2.26 bits per heavy atom. The van der Waals surface area contributed by atoms with Gasteiger partial charge in [0.25, 0.3) is 0 Å². The van der Waals surface area contributed by atoms with Gasteiger partial charge in [-0.1, -0.05) is 19.3 Å². The highest BCUT2D eigenvalue weighted by Gasteiger charge is 2.26. The van der Waals surface area contributed by atoms with Crippen LogP contribution < -0.4 is 0 Å². The van der Waals surface area contributed by atoms with Crippen LogP contribution >= 0.6 is 0 Å². The summed E-state index contributed by atoms with van der Waals surface area (Å²) in [6.45, 7) is 4.82. The van der Waals surface area contributed by atoms with Gasteiger partial charge in [-0.05, 0) is 19.8 Å². The van der Waals surface area contributed by atoms with Crippen molar-refractivity contribution >= 4 is 11.8 Å². The van der Waals surface area contributed by atoms with Crippen LogP contribution in [0, 0.1) is 0 Å². The molecule has 0 bridgehead atoms. The molecule has 1 aliphatic heterocycles. The molecule has 2 fully saturated rings. The summed E-state index contributed by atoms with van der Waals surface area (Å²) < 4.78 is 0. The van der Waals surface area contributed by atoms with Crippen LogP contribution in [0.2, 0.25) is 0 Å². The number of ketones is 1. The molecule has 0 aromatic carbocycles. The van der Waals surface area contributed by atoms with Crippen LogP contribution in [0.25, 0.3) is 0 Å². The Labute approximate surface area is 114 Å². The van der Waals surface area contributed by atoms with E-state index in [9.17, 15) is 9.59 Å². The lowest BCUT2D eigenvalue weighted by molar-refractivity contribution is -0.198. The van der Waals surface area contributed by atoms with Gasteiger partial charge < -0.3 is 4.84 Å². The minimum atomic E-state index is -0.432.